The number of sulfonamides is 1. The highest BCUT2D eigenvalue weighted by molar-refractivity contribution is 7.89. The van der Waals surface area contributed by atoms with E-state index < -0.39 is 10.0 Å². The second kappa shape index (κ2) is 8.06. The third-order valence-corrected chi connectivity index (χ3v) is 5.17. The Labute approximate surface area is 168 Å². The van der Waals surface area contributed by atoms with Crippen LogP contribution in [-0.4, -0.2) is 13.5 Å². The largest absolute Gasteiger partial charge is 0.332 e. The van der Waals surface area contributed by atoms with Gasteiger partial charge in [-0.25, -0.2) is 13.6 Å². The first-order chi connectivity index (χ1) is 12.8. The average Bonchev–Trinajstić information content (AvgIpc) is 2.62. The molecule has 0 spiro atoms. The summed E-state index contributed by atoms with van der Waals surface area (Å²) in [6, 6.07) is 22.9. The number of hydrogen-bond donors (Lipinski definition) is 2. The van der Waals surface area contributed by atoms with Crippen molar-refractivity contribution >= 4 is 56.0 Å². The van der Waals surface area contributed by atoms with Gasteiger partial charge < -0.3 is 5.32 Å². The number of nitrogens with one attached hydrogen (secondary N) is 1. The van der Waals surface area contributed by atoms with Gasteiger partial charge in [0.05, 0.1) is 4.90 Å². The van der Waals surface area contributed by atoms with Gasteiger partial charge in [0.1, 0.15) is 0 Å². The minimum atomic E-state index is -3.77. The van der Waals surface area contributed by atoms with Gasteiger partial charge in [-0.05, 0) is 66.8 Å². The van der Waals surface area contributed by atoms with E-state index in [0.29, 0.717) is 15.8 Å². The van der Waals surface area contributed by atoms with Gasteiger partial charge in [-0.1, -0.05) is 35.9 Å². The van der Waals surface area contributed by atoms with Crippen LogP contribution in [0.4, 0.5) is 17.1 Å². The van der Waals surface area contributed by atoms with E-state index in [2.05, 4.69) is 5.32 Å². The maximum absolute atomic E-state index is 11.5. The van der Waals surface area contributed by atoms with Crippen molar-refractivity contribution in [3.63, 3.8) is 0 Å². The van der Waals surface area contributed by atoms with Crippen LogP contribution in [0.5, 0.6) is 0 Å². The number of anilines is 3. The molecule has 3 aromatic carbocycles. The van der Waals surface area contributed by atoms with Crippen molar-refractivity contribution < 1.29 is 8.42 Å². The molecule has 0 atom stereocenters. The van der Waals surface area contributed by atoms with Gasteiger partial charge >= 0.3 is 0 Å². The molecule has 0 fully saturated rings. The molecule has 3 N–H and O–H groups in total. The van der Waals surface area contributed by atoms with Crippen molar-refractivity contribution in [3.8, 4) is 0 Å². The smallest absolute Gasteiger partial charge is 0.238 e. The summed E-state index contributed by atoms with van der Waals surface area (Å²) in [6.45, 7) is 0. The van der Waals surface area contributed by atoms with E-state index in [-0.39, 0.29) is 4.90 Å². The van der Waals surface area contributed by atoms with Crippen LogP contribution < -0.4 is 15.4 Å². The van der Waals surface area contributed by atoms with Crippen LogP contribution in [-0.2, 0) is 10.0 Å². The maximum atomic E-state index is 11.5. The standard InChI is InChI=1S/C19H16ClN3O2S2/c20-14-5-4-8-17(13-14)23(19(26)22-15-6-2-1-3-7-15)16-9-11-18(12-10-16)27(21,24)25/h1-13H,(H,22,26)(H2,21,24,25). The molecule has 0 aliphatic carbocycles. The Hall–Kier alpha value is -2.45. The molecular formula is C19H16ClN3O2S2. The van der Waals surface area contributed by atoms with Crippen molar-refractivity contribution in [2.45, 2.75) is 4.90 Å². The molecule has 0 amide bonds. The lowest BCUT2D eigenvalue weighted by atomic mass is 10.2. The third kappa shape index (κ3) is 4.84. The molecule has 0 heterocycles. The van der Waals surface area contributed by atoms with E-state index >= 15 is 0 Å². The van der Waals surface area contributed by atoms with E-state index in [1.165, 1.54) is 12.1 Å². The van der Waals surface area contributed by atoms with Crippen molar-refractivity contribution in [3.05, 3.63) is 83.9 Å². The van der Waals surface area contributed by atoms with Crippen LogP contribution >= 0.6 is 23.8 Å². The Morgan fingerprint density at radius 1 is 0.926 bits per heavy atom. The lowest BCUT2D eigenvalue weighted by Gasteiger charge is -2.26. The second-order valence-corrected chi connectivity index (χ2v) is 8.03. The van der Waals surface area contributed by atoms with Gasteiger partial charge in [-0.2, -0.15) is 0 Å². The Morgan fingerprint density at radius 2 is 1.59 bits per heavy atom. The van der Waals surface area contributed by atoms with E-state index in [1.54, 1.807) is 29.2 Å². The fraction of sp³-hybridized carbons (Fsp3) is 0. The number of nitrogens with zero attached hydrogens (tertiary/aromatic N) is 1. The van der Waals surface area contributed by atoms with Gasteiger partial charge in [0, 0.05) is 22.1 Å². The highest BCUT2D eigenvalue weighted by Crippen LogP contribution is 2.29. The predicted octanol–water partition coefficient (Wildman–Crippen LogP) is 4.52. The van der Waals surface area contributed by atoms with Crippen LogP contribution in [0.25, 0.3) is 0 Å². The quantitative estimate of drug-likeness (QED) is 0.610. The minimum absolute atomic E-state index is 0.0271. The Kier molecular flexibility index (Phi) is 5.76. The van der Waals surface area contributed by atoms with Crippen molar-refractivity contribution in [1.82, 2.24) is 0 Å². The zero-order valence-corrected chi connectivity index (χ0v) is 16.4. The lowest BCUT2D eigenvalue weighted by Crippen LogP contribution is -2.30. The summed E-state index contributed by atoms with van der Waals surface area (Å²) in [5, 5.41) is 9.32. The molecule has 5 nitrogen and oxygen atoms in total. The monoisotopic (exact) mass is 417 g/mol. The van der Waals surface area contributed by atoms with Crippen molar-refractivity contribution in [2.75, 3.05) is 10.2 Å². The molecular weight excluding hydrogens is 402 g/mol. The third-order valence-electron chi connectivity index (χ3n) is 3.72. The van der Waals surface area contributed by atoms with Gasteiger partial charge in [-0.15, -0.1) is 0 Å². The van der Waals surface area contributed by atoms with Gasteiger partial charge in [0.2, 0.25) is 10.0 Å². The maximum Gasteiger partial charge on any atom is 0.238 e. The number of para-hydroxylation sites is 1. The summed E-state index contributed by atoms with van der Waals surface area (Å²) in [4.78, 5) is 1.79. The molecule has 3 rings (SSSR count). The van der Waals surface area contributed by atoms with Crippen LogP contribution in [0, 0.1) is 0 Å². The zero-order chi connectivity index (χ0) is 19.4. The van der Waals surface area contributed by atoms with Crippen molar-refractivity contribution in [2.24, 2.45) is 5.14 Å². The molecule has 0 saturated carbocycles. The number of nitrogens with two attached hydrogens (primary N) is 1. The van der Waals surface area contributed by atoms with Gasteiger partial charge in [0.15, 0.2) is 5.11 Å². The SMILES string of the molecule is NS(=O)(=O)c1ccc(N(C(=S)Nc2ccccc2)c2cccc(Cl)c2)cc1. The molecule has 0 radical (unpaired) electrons. The fourth-order valence-electron chi connectivity index (χ4n) is 2.48. The molecule has 0 bridgehead atoms. The van der Waals surface area contributed by atoms with E-state index in [1.807, 2.05) is 42.5 Å². The Morgan fingerprint density at radius 3 is 2.19 bits per heavy atom. The molecule has 3 aromatic rings. The topological polar surface area (TPSA) is 75.4 Å². The van der Waals surface area contributed by atoms with Gasteiger partial charge in [0.25, 0.3) is 0 Å². The summed E-state index contributed by atoms with van der Waals surface area (Å²) >= 11 is 11.7. The molecule has 0 saturated heterocycles. The number of hydrogen-bond acceptors (Lipinski definition) is 3. The minimum Gasteiger partial charge on any atom is -0.332 e. The molecule has 27 heavy (non-hydrogen) atoms. The van der Waals surface area contributed by atoms with Crippen LogP contribution in [0.1, 0.15) is 0 Å². The molecule has 8 heteroatoms. The van der Waals surface area contributed by atoms with Crippen LogP contribution in [0.15, 0.2) is 83.8 Å². The molecule has 138 valence electrons. The number of halogens is 1. The summed E-state index contributed by atoms with van der Waals surface area (Å²) in [5.74, 6) is 0. The molecule has 0 aliphatic heterocycles. The zero-order valence-electron chi connectivity index (χ0n) is 14.0. The number of benzene rings is 3. The summed E-state index contributed by atoms with van der Waals surface area (Å²) in [6.07, 6.45) is 0. The average molecular weight is 418 g/mol. The number of primary sulfonamides is 1. The second-order valence-electron chi connectivity index (χ2n) is 5.65. The van der Waals surface area contributed by atoms with Crippen LogP contribution in [0.2, 0.25) is 5.02 Å². The van der Waals surface area contributed by atoms with E-state index in [4.69, 9.17) is 29.0 Å². The normalized spacial score (nSPS) is 11.0. The van der Waals surface area contributed by atoms with Crippen molar-refractivity contribution in [1.29, 1.82) is 0 Å². The first-order valence-electron chi connectivity index (χ1n) is 7.89. The lowest BCUT2D eigenvalue weighted by molar-refractivity contribution is 0.598. The fourth-order valence-corrected chi connectivity index (χ4v) is 3.51. The highest BCUT2D eigenvalue weighted by Gasteiger charge is 2.17. The first-order valence-corrected chi connectivity index (χ1v) is 10.2. The Balaban J connectivity index is 2.01. The highest BCUT2D eigenvalue weighted by atomic mass is 35.5. The summed E-state index contributed by atoms with van der Waals surface area (Å²) in [7, 11) is -3.77. The molecule has 0 aromatic heterocycles. The molecule has 0 aliphatic rings. The van der Waals surface area contributed by atoms with Gasteiger partial charge in [-0.3, -0.25) is 4.90 Å². The molecule has 0 unspecified atom stereocenters. The number of rotatable bonds is 4. The predicted molar refractivity (Wildman–Crippen MR) is 114 cm³/mol. The van der Waals surface area contributed by atoms with Crippen LogP contribution in [0.3, 0.4) is 0 Å². The summed E-state index contributed by atoms with van der Waals surface area (Å²) < 4.78 is 23.0. The van der Waals surface area contributed by atoms with E-state index in [0.717, 1.165) is 11.4 Å². The number of thiocarbonyl (C=S) groups is 1. The Bertz CT molecular complexity index is 1060. The summed E-state index contributed by atoms with van der Waals surface area (Å²) in [5.41, 5.74) is 2.23. The van der Waals surface area contributed by atoms with E-state index in [9.17, 15) is 8.42 Å². The first kappa shape index (κ1) is 19.3.